The summed E-state index contributed by atoms with van der Waals surface area (Å²) in [6.07, 6.45) is 4.26. The standard InChI is InChI=1S/C18H17F2N3O3/c1-25-14-6-4-5-13(16(14)26-18(19)20)17(24)21-9-8-12-11-23-10-3-2-7-15(23)22-12/h2-7,10-11,18H,8-9H2,1H3,(H,21,24). The molecule has 2 aromatic heterocycles. The molecule has 26 heavy (non-hydrogen) atoms. The Morgan fingerprint density at radius 1 is 1.27 bits per heavy atom. The van der Waals surface area contributed by atoms with E-state index in [1.165, 1.54) is 25.3 Å². The Morgan fingerprint density at radius 2 is 2.12 bits per heavy atom. The summed E-state index contributed by atoms with van der Waals surface area (Å²) in [5.41, 5.74) is 1.61. The first-order valence-electron chi connectivity index (χ1n) is 7.91. The van der Waals surface area contributed by atoms with Crippen LogP contribution in [0.2, 0.25) is 0 Å². The van der Waals surface area contributed by atoms with Gasteiger partial charge in [0, 0.05) is 25.4 Å². The largest absolute Gasteiger partial charge is 0.493 e. The molecule has 8 heteroatoms. The fourth-order valence-corrected chi connectivity index (χ4v) is 2.57. The molecule has 1 amide bonds. The first-order chi connectivity index (χ1) is 12.6. The number of benzene rings is 1. The lowest BCUT2D eigenvalue weighted by Gasteiger charge is -2.14. The summed E-state index contributed by atoms with van der Waals surface area (Å²) < 4.78 is 36.6. The Balaban J connectivity index is 1.68. The maximum absolute atomic E-state index is 12.6. The summed E-state index contributed by atoms with van der Waals surface area (Å²) >= 11 is 0. The molecule has 0 bridgehead atoms. The van der Waals surface area contributed by atoms with Crippen LogP contribution in [0.5, 0.6) is 11.5 Å². The van der Waals surface area contributed by atoms with Gasteiger partial charge in [-0.2, -0.15) is 8.78 Å². The number of hydrogen-bond acceptors (Lipinski definition) is 4. The fraction of sp³-hybridized carbons (Fsp3) is 0.222. The molecule has 1 N–H and O–H groups in total. The number of fused-ring (bicyclic) bond motifs is 1. The number of methoxy groups -OCH3 is 1. The Labute approximate surface area is 148 Å². The highest BCUT2D eigenvalue weighted by Crippen LogP contribution is 2.32. The molecule has 136 valence electrons. The SMILES string of the molecule is COc1cccc(C(=O)NCCc2cn3ccccc3n2)c1OC(F)F. The summed E-state index contributed by atoms with van der Waals surface area (Å²) in [4.78, 5) is 16.8. The number of halogens is 2. The highest BCUT2D eigenvalue weighted by atomic mass is 19.3. The average molecular weight is 361 g/mol. The van der Waals surface area contributed by atoms with Crippen molar-refractivity contribution in [3.8, 4) is 11.5 Å². The maximum Gasteiger partial charge on any atom is 0.387 e. The third kappa shape index (κ3) is 3.90. The molecular weight excluding hydrogens is 344 g/mol. The second-order valence-corrected chi connectivity index (χ2v) is 5.42. The van der Waals surface area contributed by atoms with Gasteiger partial charge in [-0.15, -0.1) is 0 Å². The summed E-state index contributed by atoms with van der Waals surface area (Å²) in [5, 5.41) is 2.69. The molecule has 3 aromatic rings. The molecule has 0 atom stereocenters. The van der Waals surface area contributed by atoms with Crippen LogP contribution in [-0.4, -0.2) is 35.6 Å². The minimum atomic E-state index is -3.06. The van der Waals surface area contributed by atoms with Gasteiger partial charge in [0.25, 0.3) is 5.91 Å². The van der Waals surface area contributed by atoms with E-state index in [0.29, 0.717) is 13.0 Å². The van der Waals surface area contributed by atoms with Gasteiger partial charge in [-0.3, -0.25) is 4.79 Å². The number of para-hydroxylation sites is 1. The van der Waals surface area contributed by atoms with E-state index in [9.17, 15) is 13.6 Å². The molecular formula is C18H17F2N3O3. The number of hydrogen-bond donors (Lipinski definition) is 1. The molecule has 0 aliphatic heterocycles. The molecule has 0 fully saturated rings. The number of alkyl halides is 2. The first kappa shape index (κ1) is 17.7. The number of rotatable bonds is 7. The van der Waals surface area contributed by atoms with E-state index in [1.807, 2.05) is 35.0 Å². The number of nitrogens with zero attached hydrogens (tertiary/aromatic N) is 2. The van der Waals surface area contributed by atoms with Crippen LogP contribution in [0.25, 0.3) is 5.65 Å². The number of ether oxygens (including phenoxy) is 2. The Morgan fingerprint density at radius 3 is 2.85 bits per heavy atom. The number of pyridine rings is 1. The van der Waals surface area contributed by atoms with Crippen molar-refractivity contribution in [2.45, 2.75) is 13.0 Å². The molecule has 0 aliphatic carbocycles. The van der Waals surface area contributed by atoms with E-state index in [1.54, 1.807) is 0 Å². The van der Waals surface area contributed by atoms with Crippen LogP contribution in [0.15, 0.2) is 48.8 Å². The number of amides is 1. The zero-order valence-corrected chi connectivity index (χ0v) is 14.0. The van der Waals surface area contributed by atoms with Gasteiger partial charge >= 0.3 is 6.61 Å². The van der Waals surface area contributed by atoms with Gasteiger partial charge in [-0.1, -0.05) is 12.1 Å². The van der Waals surface area contributed by atoms with Crippen LogP contribution in [0.4, 0.5) is 8.78 Å². The summed E-state index contributed by atoms with van der Waals surface area (Å²) in [5.74, 6) is -0.739. The van der Waals surface area contributed by atoms with Gasteiger partial charge in [0.15, 0.2) is 11.5 Å². The predicted molar refractivity (Wildman–Crippen MR) is 90.9 cm³/mol. The fourth-order valence-electron chi connectivity index (χ4n) is 2.57. The topological polar surface area (TPSA) is 64.9 Å². The normalized spacial score (nSPS) is 10.9. The van der Waals surface area contributed by atoms with Crippen molar-refractivity contribution in [1.82, 2.24) is 14.7 Å². The van der Waals surface area contributed by atoms with Crippen molar-refractivity contribution >= 4 is 11.6 Å². The number of aromatic nitrogens is 2. The zero-order valence-electron chi connectivity index (χ0n) is 14.0. The van der Waals surface area contributed by atoms with Crippen molar-refractivity contribution in [2.75, 3.05) is 13.7 Å². The molecule has 2 heterocycles. The summed E-state index contributed by atoms with van der Waals surface area (Å²) in [7, 11) is 1.32. The van der Waals surface area contributed by atoms with Crippen molar-refractivity contribution in [3.05, 3.63) is 60.0 Å². The molecule has 0 spiro atoms. The van der Waals surface area contributed by atoms with Crippen LogP contribution >= 0.6 is 0 Å². The third-order valence-corrected chi connectivity index (χ3v) is 3.73. The van der Waals surface area contributed by atoms with E-state index >= 15 is 0 Å². The van der Waals surface area contributed by atoms with Crippen LogP contribution in [0, 0.1) is 0 Å². The smallest absolute Gasteiger partial charge is 0.387 e. The Kier molecular flexibility index (Phi) is 5.31. The van der Waals surface area contributed by atoms with Crippen LogP contribution in [0.3, 0.4) is 0 Å². The number of nitrogens with one attached hydrogen (secondary N) is 1. The average Bonchev–Trinajstić information content (AvgIpc) is 3.04. The Bertz CT molecular complexity index is 879. The lowest BCUT2D eigenvalue weighted by molar-refractivity contribution is -0.0515. The van der Waals surface area contributed by atoms with E-state index < -0.39 is 12.5 Å². The van der Waals surface area contributed by atoms with Gasteiger partial charge in [-0.05, 0) is 24.3 Å². The Hall–Kier alpha value is -3.16. The van der Waals surface area contributed by atoms with Gasteiger partial charge in [-0.25, -0.2) is 4.98 Å². The van der Waals surface area contributed by atoms with Crippen molar-refractivity contribution in [2.24, 2.45) is 0 Å². The van der Waals surface area contributed by atoms with E-state index in [2.05, 4.69) is 15.0 Å². The van der Waals surface area contributed by atoms with Crippen molar-refractivity contribution in [3.63, 3.8) is 0 Å². The highest BCUT2D eigenvalue weighted by molar-refractivity contribution is 5.97. The van der Waals surface area contributed by atoms with Gasteiger partial charge in [0.1, 0.15) is 5.65 Å². The van der Waals surface area contributed by atoms with Gasteiger partial charge in [0.2, 0.25) is 0 Å². The lowest BCUT2D eigenvalue weighted by Crippen LogP contribution is -2.26. The molecule has 1 aromatic carbocycles. The molecule has 0 unspecified atom stereocenters. The number of carbonyl (C=O) groups excluding carboxylic acids is 1. The van der Waals surface area contributed by atoms with E-state index in [-0.39, 0.29) is 17.1 Å². The van der Waals surface area contributed by atoms with Crippen LogP contribution in [-0.2, 0) is 6.42 Å². The second-order valence-electron chi connectivity index (χ2n) is 5.42. The predicted octanol–water partition coefficient (Wildman–Crippen LogP) is 2.92. The molecule has 0 radical (unpaired) electrons. The third-order valence-electron chi connectivity index (χ3n) is 3.73. The van der Waals surface area contributed by atoms with Crippen LogP contribution < -0.4 is 14.8 Å². The monoisotopic (exact) mass is 361 g/mol. The summed E-state index contributed by atoms with van der Waals surface area (Å²) in [6.45, 7) is -2.76. The van der Waals surface area contributed by atoms with Crippen molar-refractivity contribution < 1.29 is 23.0 Å². The van der Waals surface area contributed by atoms with E-state index in [0.717, 1.165) is 11.3 Å². The second kappa shape index (κ2) is 7.81. The quantitative estimate of drug-likeness (QED) is 0.703. The molecule has 0 saturated carbocycles. The molecule has 6 nitrogen and oxygen atoms in total. The molecule has 0 saturated heterocycles. The van der Waals surface area contributed by atoms with Gasteiger partial charge in [0.05, 0.1) is 18.4 Å². The van der Waals surface area contributed by atoms with Crippen molar-refractivity contribution in [1.29, 1.82) is 0 Å². The maximum atomic E-state index is 12.6. The lowest BCUT2D eigenvalue weighted by atomic mass is 10.1. The molecule has 0 aliphatic rings. The first-order valence-corrected chi connectivity index (χ1v) is 7.91. The number of carbonyl (C=O) groups is 1. The van der Waals surface area contributed by atoms with Crippen LogP contribution in [0.1, 0.15) is 16.1 Å². The minimum Gasteiger partial charge on any atom is -0.493 e. The van der Waals surface area contributed by atoms with Gasteiger partial charge < -0.3 is 19.2 Å². The zero-order chi connectivity index (χ0) is 18.5. The highest BCUT2D eigenvalue weighted by Gasteiger charge is 2.20. The number of imidazole rings is 1. The minimum absolute atomic E-state index is 0.0142. The van der Waals surface area contributed by atoms with E-state index in [4.69, 9.17) is 4.74 Å². The molecule has 3 rings (SSSR count). The summed E-state index contributed by atoms with van der Waals surface area (Å²) in [6, 6.07) is 10.1.